The summed E-state index contributed by atoms with van der Waals surface area (Å²) in [5, 5.41) is 12.9. The number of likely N-dealkylation sites (tertiary alicyclic amines) is 1. The molecule has 2 atom stereocenters. The van der Waals surface area contributed by atoms with E-state index in [9.17, 15) is 18.0 Å². The molecule has 2 fully saturated rings. The Morgan fingerprint density at radius 1 is 1.11 bits per heavy atom. The monoisotopic (exact) mass is 529 g/mol. The summed E-state index contributed by atoms with van der Waals surface area (Å²) in [5.41, 5.74) is 2.23. The van der Waals surface area contributed by atoms with Crippen molar-refractivity contribution < 1.29 is 27.8 Å². The highest BCUT2D eigenvalue weighted by atomic mass is 19.4. The number of ether oxygens (including phenoxy) is 1. The SMILES string of the molecule is Cn1cnc(C(=O)O)c1.FC(F)(F)Oc1cccc(C[N-]CC2C3CN(CCCc4ccccc4)CC23)c1. The van der Waals surface area contributed by atoms with Crippen molar-refractivity contribution in [1.29, 1.82) is 0 Å². The fourth-order valence-corrected chi connectivity index (χ4v) is 5.05. The fraction of sp³-hybridized carbons (Fsp3) is 0.429. The number of hydrogen-bond acceptors (Lipinski definition) is 4. The second-order valence-electron chi connectivity index (χ2n) is 9.83. The van der Waals surface area contributed by atoms with Crippen LogP contribution in [0.15, 0.2) is 67.1 Å². The Hall–Kier alpha value is -3.37. The van der Waals surface area contributed by atoms with E-state index in [1.54, 1.807) is 23.7 Å². The Labute approximate surface area is 220 Å². The first kappa shape index (κ1) is 27.7. The van der Waals surface area contributed by atoms with E-state index < -0.39 is 12.3 Å². The molecule has 1 saturated carbocycles. The molecule has 1 N–H and O–H groups in total. The first-order valence-electron chi connectivity index (χ1n) is 12.6. The van der Waals surface area contributed by atoms with Crippen LogP contribution in [0.5, 0.6) is 5.75 Å². The minimum absolute atomic E-state index is 0.0810. The molecule has 2 unspecified atom stereocenters. The minimum atomic E-state index is -4.66. The van der Waals surface area contributed by atoms with Crippen LogP contribution in [0.2, 0.25) is 0 Å². The first-order valence-corrected chi connectivity index (χ1v) is 12.6. The van der Waals surface area contributed by atoms with Gasteiger partial charge in [-0.05, 0) is 48.9 Å². The van der Waals surface area contributed by atoms with E-state index in [1.165, 1.54) is 36.6 Å². The van der Waals surface area contributed by atoms with Crippen LogP contribution in [0, 0.1) is 17.8 Å². The highest BCUT2D eigenvalue weighted by molar-refractivity contribution is 5.84. The van der Waals surface area contributed by atoms with Gasteiger partial charge in [-0.15, -0.1) is 26.3 Å². The van der Waals surface area contributed by atoms with Gasteiger partial charge in [0.15, 0.2) is 5.69 Å². The molecule has 204 valence electrons. The van der Waals surface area contributed by atoms with E-state index in [-0.39, 0.29) is 11.4 Å². The van der Waals surface area contributed by atoms with Gasteiger partial charge in [-0.25, -0.2) is 9.78 Å². The predicted molar refractivity (Wildman–Crippen MR) is 137 cm³/mol. The number of carbonyl (C=O) groups is 1. The van der Waals surface area contributed by atoms with Gasteiger partial charge in [0, 0.05) is 26.3 Å². The lowest BCUT2D eigenvalue weighted by atomic mass is 10.1. The number of benzene rings is 2. The standard InChI is InChI=1S/C23H26F3N2O.C5H6N2O2/c24-23(25,26)29-19-10-4-8-18(12-19)13-27-14-20-21-15-28(16-22(20)21)11-5-9-17-6-2-1-3-7-17;1-7-2-4(5(8)9)6-3-7/h1-4,6-8,10,12,20-22H,5,9,11,13-16H2;2-3H,1H3,(H,8,9)/q-1;. The van der Waals surface area contributed by atoms with Crippen LogP contribution in [-0.2, 0) is 20.0 Å². The molecule has 2 heterocycles. The molecular weight excluding hydrogens is 497 g/mol. The molecule has 0 bridgehead atoms. The number of rotatable bonds is 10. The maximum Gasteiger partial charge on any atom is 0.573 e. The predicted octanol–water partition coefficient (Wildman–Crippen LogP) is 5.39. The van der Waals surface area contributed by atoms with Crippen LogP contribution in [0.3, 0.4) is 0 Å². The molecule has 1 aromatic heterocycles. The number of aryl methyl sites for hydroxylation is 2. The van der Waals surface area contributed by atoms with Crippen molar-refractivity contribution in [3.05, 3.63) is 89.3 Å². The summed E-state index contributed by atoms with van der Waals surface area (Å²) >= 11 is 0. The number of fused-ring (bicyclic) bond motifs is 1. The maximum atomic E-state index is 12.3. The van der Waals surface area contributed by atoms with Crippen molar-refractivity contribution in [3.8, 4) is 5.75 Å². The molecule has 1 aliphatic heterocycles. The Bertz CT molecular complexity index is 1170. The first-order chi connectivity index (χ1) is 18.2. The number of halogens is 3. The number of imidazole rings is 1. The van der Waals surface area contributed by atoms with Gasteiger partial charge in [-0.3, -0.25) is 0 Å². The molecule has 0 radical (unpaired) electrons. The van der Waals surface area contributed by atoms with Crippen LogP contribution in [0.4, 0.5) is 13.2 Å². The Morgan fingerprint density at radius 2 is 1.82 bits per heavy atom. The number of aromatic carboxylic acids is 1. The van der Waals surface area contributed by atoms with E-state index >= 15 is 0 Å². The maximum absolute atomic E-state index is 12.3. The zero-order valence-corrected chi connectivity index (χ0v) is 21.2. The topological polar surface area (TPSA) is 81.7 Å². The van der Waals surface area contributed by atoms with Crippen molar-refractivity contribution in [3.63, 3.8) is 0 Å². The second-order valence-corrected chi connectivity index (χ2v) is 9.83. The van der Waals surface area contributed by atoms with Gasteiger partial charge in [-0.1, -0.05) is 53.9 Å². The van der Waals surface area contributed by atoms with Crippen molar-refractivity contribution in [2.45, 2.75) is 25.7 Å². The number of carboxylic acids is 1. The van der Waals surface area contributed by atoms with E-state index in [2.05, 4.69) is 50.3 Å². The summed E-state index contributed by atoms with van der Waals surface area (Å²) in [6.45, 7) is 4.71. The lowest BCUT2D eigenvalue weighted by molar-refractivity contribution is -0.274. The fourth-order valence-electron chi connectivity index (χ4n) is 5.05. The van der Waals surface area contributed by atoms with Crippen molar-refractivity contribution in [2.24, 2.45) is 24.8 Å². The van der Waals surface area contributed by atoms with E-state index in [1.807, 2.05) is 0 Å². The molecular formula is C28H32F3N4O3-. The number of piperidine rings is 1. The average molecular weight is 530 g/mol. The third-order valence-electron chi connectivity index (χ3n) is 6.92. The quantitative estimate of drug-likeness (QED) is 0.381. The van der Waals surface area contributed by atoms with Gasteiger partial charge in [0.05, 0.1) is 6.33 Å². The van der Waals surface area contributed by atoms with Crippen LogP contribution in [0.25, 0.3) is 5.32 Å². The van der Waals surface area contributed by atoms with Crippen molar-refractivity contribution in [1.82, 2.24) is 14.5 Å². The lowest BCUT2D eigenvalue weighted by Gasteiger charge is -2.24. The van der Waals surface area contributed by atoms with E-state index in [4.69, 9.17) is 5.11 Å². The van der Waals surface area contributed by atoms with E-state index in [0.717, 1.165) is 50.0 Å². The molecule has 5 rings (SSSR count). The minimum Gasteiger partial charge on any atom is -0.658 e. The number of carboxylic acid groups (broad SMARTS) is 1. The molecule has 2 aromatic carbocycles. The summed E-state index contributed by atoms with van der Waals surface area (Å²) in [5.74, 6) is 0.968. The summed E-state index contributed by atoms with van der Waals surface area (Å²) in [7, 11) is 1.72. The van der Waals surface area contributed by atoms with Crippen LogP contribution >= 0.6 is 0 Å². The summed E-state index contributed by atoms with van der Waals surface area (Å²) in [6.07, 6.45) is 0.553. The summed E-state index contributed by atoms with van der Waals surface area (Å²) in [4.78, 5) is 16.3. The van der Waals surface area contributed by atoms with Crippen molar-refractivity contribution >= 4 is 5.97 Å². The third kappa shape index (κ3) is 8.32. The molecule has 3 aromatic rings. The van der Waals surface area contributed by atoms with E-state index in [0.29, 0.717) is 12.5 Å². The molecule has 10 heteroatoms. The molecule has 2 aliphatic rings. The normalized spacial score (nSPS) is 20.4. The molecule has 0 spiro atoms. The average Bonchev–Trinajstić information content (AvgIpc) is 3.18. The van der Waals surface area contributed by atoms with Gasteiger partial charge >= 0.3 is 12.3 Å². The lowest BCUT2D eigenvalue weighted by Crippen LogP contribution is -2.26. The Kier molecular flexibility index (Phi) is 9.06. The smallest absolute Gasteiger partial charge is 0.573 e. The van der Waals surface area contributed by atoms with Crippen LogP contribution in [-0.4, -0.2) is 58.1 Å². The molecule has 1 aliphatic carbocycles. The summed E-state index contributed by atoms with van der Waals surface area (Å²) in [6, 6.07) is 16.7. The number of alkyl halides is 3. The molecule has 7 nitrogen and oxygen atoms in total. The third-order valence-corrected chi connectivity index (χ3v) is 6.92. The largest absolute Gasteiger partial charge is 0.658 e. The highest BCUT2D eigenvalue weighted by Gasteiger charge is 2.52. The highest BCUT2D eigenvalue weighted by Crippen LogP contribution is 2.52. The Morgan fingerprint density at radius 3 is 2.42 bits per heavy atom. The van der Waals surface area contributed by atoms with Gasteiger partial charge in [0.25, 0.3) is 0 Å². The molecule has 38 heavy (non-hydrogen) atoms. The van der Waals surface area contributed by atoms with Gasteiger partial charge < -0.3 is 24.6 Å². The number of aromatic nitrogens is 2. The Balaban J connectivity index is 0.000000317. The summed E-state index contributed by atoms with van der Waals surface area (Å²) < 4.78 is 42.5. The van der Waals surface area contributed by atoms with Crippen molar-refractivity contribution in [2.75, 3.05) is 26.2 Å². The zero-order valence-electron chi connectivity index (χ0n) is 21.2. The number of hydrogen-bond donors (Lipinski definition) is 1. The van der Waals surface area contributed by atoms with Crippen LogP contribution < -0.4 is 4.74 Å². The second kappa shape index (κ2) is 12.4. The van der Waals surface area contributed by atoms with Gasteiger partial charge in [-0.2, -0.15) is 0 Å². The van der Waals surface area contributed by atoms with Crippen LogP contribution in [0.1, 0.15) is 28.0 Å². The molecule has 1 saturated heterocycles. The van der Waals surface area contributed by atoms with Gasteiger partial charge in [0.2, 0.25) is 0 Å². The van der Waals surface area contributed by atoms with Gasteiger partial charge in [0.1, 0.15) is 5.75 Å². The number of nitrogens with zero attached hydrogens (tertiary/aromatic N) is 4. The zero-order chi connectivity index (χ0) is 27.1. The molecule has 0 amide bonds.